The van der Waals surface area contributed by atoms with Crippen molar-refractivity contribution < 1.29 is 4.79 Å². The smallest absolute Gasteiger partial charge is 0.259 e. The van der Waals surface area contributed by atoms with Gasteiger partial charge in [0.2, 0.25) is 0 Å². The Morgan fingerprint density at radius 3 is 2.60 bits per heavy atom. The van der Waals surface area contributed by atoms with E-state index in [1.165, 1.54) is 0 Å². The third-order valence-electron chi connectivity index (χ3n) is 4.27. The summed E-state index contributed by atoms with van der Waals surface area (Å²) in [4.78, 5) is 18.1. The first-order valence-electron chi connectivity index (χ1n) is 7.87. The zero-order valence-electron chi connectivity index (χ0n) is 14.1. The summed E-state index contributed by atoms with van der Waals surface area (Å²) in [5.74, 6) is -0.140. The van der Waals surface area contributed by atoms with Gasteiger partial charge in [0.15, 0.2) is 4.96 Å². The predicted octanol–water partition coefficient (Wildman–Crippen LogP) is 3.67. The molecule has 0 aliphatic rings. The van der Waals surface area contributed by atoms with Crippen LogP contribution in [0.5, 0.6) is 0 Å². The number of imidazole rings is 1. The third kappa shape index (κ3) is 2.72. The van der Waals surface area contributed by atoms with Crippen LogP contribution in [0.4, 0.5) is 5.69 Å². The summed E-state index contributed by atoms with van der Waals surface area (Å²) >= 11 is 1.60. The number of nitrogens with zero attached hydrogens (tertiary/aromatic N) is 4. The molecule has 4 aromatic rings. The van der Waals surface area contributed by atoms with Crippen molar-refractivity contribution in [3.63, 3.8) is 0 Å². The second-order valence-corrected chi connectivity index (χ2v) is 6.79. The summed E-state index contributed by atoms with van der Waals surface area (Å²) in [5.41, 5.74) is 4.89. The van der Waals surface area contributed by atoms with Gasteiger partial charge in [-0.1, -0.05) is 12.1 Å². The van der Waals surface area contributed by atoms with E-state index < -0.39 is 0 Å². The van der Waals surface area contributed by atoms with E-state index in [4.69, 9.17) is 0 Å². The summed E-state index contributed by atoms with van der Waals surface area (Å²) in [6.45, 7) is 3.73. The number of nitrogens with one attached hydrogen (secondary N) is 1. The number of fused-ring (bicyclic) bond motifs is 1. The Balaban J connectivity index is 1.56. The van der Waals surface area contributed by atoms with Crippen LogP contribution in [-0.2, 0) is 7.05 Å². The van der Waals surface area contributed by atoms with Gasteiger partial charge >= 0.3 is 0 Å². The lowest BCUT2D eigenvalue weighted by atomic mass is 10.1. The molecule has 1 N–H and O–H groups in total. The first-order chi connectivity index (χ1) is 12.0. The topological polar surface area (TPSA) is 64.2 Å². The maximum atomic E-state index is 12.5. The van der Waals surface area contributed by atoms with Gasteiger partial charge in [-0.05, 0) is 26.0 Å². The van der Waals surface area contributed by atoms with E-state index >= 15 is 0 Å². The van der Waals surface area contributed by atoms with E-state index in [2.05, 4.69) is 15.4 Å². The van der Waals surface area contributed by atoms with Crippen molar-refractivity contribution in [1.82, 2.24) is 19.2 Å². The first-order valence-corrected chi connectivity index (χ1v) is 8.75. The number of amides is 1. The molecule has 4 rings (SSSR count). The van der Waals surface area contributed by atoms with Crippen molar-refractivity contribution in [1.29, 1.82) is 0 Å². The van der Waals surface area contributed by atoms with Gasteiger partial charge in [-0.3, -0.25) is 13.9 Å². The normalized spacial score (nSPS) is 11.2. The van der Waals surface area contributed by atoms with Crippen molar-refractivity contribution in [3.05, 3.63) is 59.0 Å². The van der Waals surface area contributed by atoms with Crippen LogP contribution in [0.15, 0.2) is 42.0 Å². The van der Waals surface area contributed by atoms with Crippen molar-refractivity contribution in [2.45, 2.75) is 13.8 Å². The number of hydrogen-bond acceptors (Lipinski definition) is 4. The molecule has 3 aromatic heterocycles. The Hall–Kier alpha value is -2.93. The molecule has 0 atom stereocenters. The predicted molar refractivity (Wildman–Crippen MR) is 99.1 cm³/mol. The number of thiazole rings is 1. The molecule has 6 nitrogen and oxygen atoms in total. The molecular weight excluding hydrogens is 334 g/mol. The van der Waals surface area contributed by atoms with Crippen molar-refractivity contribution in [2.75, 3.05) is 5.32 Å². The molecule has 0 spiro atoms. The van der Waals surface area contributed by atoms with Gasteiger partial charge in [-0.25, -0.2) is 4.98 Å². The van der Waals surface area contributed by atoms with Crippen molar-refractivity contribution >= 4 is 27.9 Å². The Morgan fingerprint density at radius 1 is 1.20 bits per heavy atom. The third-order valence-corrected chi connectivity index (χ3v) is 5.04. The van der Waals surface area contributed by atoms with Gasteiger partial charge in [0.25, 0.3) is 5.91 Å². The van der Waals surface area contributed by atoms with Crippen molar-refractivity contribution in [3.8, 4) is 11.3 Å². The highest BCUT2D eigenvalue weighted by Crippen LogP contribution is 2.23. The summed E-state index contributed by atoms with van der Waals surface area (Å²) in [6, 6.07) is 7.71. The van der Waals surface area contributed by atoms with E-state index in [1.807, 2.05) is 67.3 Å². The number of carbonyl (C=O) groups excluding carboxylic acids is 1. The number of carbonyl (C=O) groups is 1. The van der Waals surface area contributed by atoms with Gasteiger partial charge in [-0.2, -0.15) is 5.10 Å². The number of aryl methyl sites for hydroxylation is 2. The highest BCUT2D eigenvalue weighted by atomic mass is 32.1. The molecule has 126 valence electrons. The van der Waals surface area contributed by atoms with Gasteiger partial charge in [-0.15, -0.1) is 11.3 Å². The van der Waals surface area contributed by atoms with Crippen LogP contribution < -0.4 is 5.32 Å². The summed E-state index contributed by atoms with van der Waals surface area (Å²) in [5, 5.41) is 9.23. The van der Waals surface area contributed by atoms with E-state index in [0.717, 1.165) is 33.3 Å². The number of benzene rings is 1. The van der Waals surface area contributed by atoms with Crippen LogP contribution in [-0.4, -0.2) is 25.1 Å². The molecule has 0 aliphatic heterocycles. The fourth-order valence-electron chi connectivity index (χ4n) is 2.89. The average molecular weight is 351 g/mol. The quantitative estimate of drug-likeness (QED) is 0.612. The van der Waals surface area contributed by atoms with Crippen LogP contribution >= 0.6 is 11.3 Å². The average Bonchev–Trinajstić information content (AvgIpc) is 3.23. The lowest BCUT2D eigenvalue weighted by Crippen LogP contribution is -2.14. The van der Waals surface area contributed by atoms with Crippen LogP contribution in [0.1, 0.15) is 21.7 Å². The van der Waals surface area contributed by atoms with Gasteiger partial charge in [0.05, 0.1) is 17.0 Å². The van der Waals surface area contributed by atoms with E-state index in [1.54, 1.807) is 16.0 Å². The Labute approximate surface area is 148 Å². The Morgan fingerprint density at radius 2 is 1.96 bits per heavy atom. The van der Waals surface area contributed by atoms with Gasteiger partial charge in [0, 0.05) is 41.8 Å². The number of rotatable bonds is 3. The zero-order valence-corrected chi connectivity index (χ0v) is 15.0. The van der Waals surface area contributed by atoms with E-state index in [9.17, 15) is 4.79 Å². The minimum Gasteiger partial charge on any atom is -0.322 e. The minimum atomic E-state index is -0.140. The minimum absolute atomic E-state index is 0.140. The molecule has 0 saturated heterocycles. The SMILES string of the molecule is Cc1nn(C)c(C)c1C(=O)Nc1ccc(-c2cn3ccsc3n2)cc1. The molecular formula is C18H17N5OS. The van der Waals surface area contributed by atoms with Crippen LogP contribution in [0.2, 0.25) is 0 Å². The molecule has 3 heterocycles. The molecule has 1 aromatic carbocycles. The Bertz CT molecular complexity index is 1040. The number of aromatic nitrogens is 4. The lowest BCUT2D eigenvalue weighted by molar-refractivity contribution is 0.102. The first kappa shape index (κ1) is 15.6. The molecule has 25 heavy (non-hydrogen) atoms. The zero-order chi connectivity index (χ0) is 17.6. The maximum absolute atomic E-state index is 12.5. The van der Waals surface area contributed by atoms with Crippen molar-refractivity contribution in [2.24, 2.45) is 7.05 Å². The molecule has 1 amide bonds. The maximum Gasteiger partial charge on any atom is 0.259 e. The summed E-state index contributed by atoms with van der Waals surface area (Å²) < 4.78 is 3.72. The molecule has 7 heteroatoms. The van der Waals surface area contributed by atoms with Crippen LogP contribution in [0.25, 0.3) is 16.2 Å². The molecule has 0 fully saturated rings. The second kappa shape index (κ2) is 5.86. The van der Waals surface area contributed by atoms with E-state index in [-0.39, 0.29) is 5.91 Å². The second-order valence-electron chi connectivity index (χ2n) is 5.92. The fraction of sp³-hybridized carbons (Fsp3) is 0.167. The molecule has 0 unspecified atom stereocenters. The highest BCUT2D eigenvalue weighted by Gasteiger charge is 2.17. The highest BCUT2D eigenvalue weighted by molar-refractivity contribution is 7.15. The summed E-state index contributed by atoms with van der Waals surface area (Å²) in [6.07, 6.45) is 3.99. The number of anilines is 1. The standard InChI is InChI=1S/C18H17N5OS/c1-11-16(12(2)22(3)21-11)17(24)19-14-6-4-13(5-7-14)15-10-23-8-9-25-18(23)20-15/h4-10H,1-3H3,(H,19,24). The molecule has 0 radical (unpaired) electrons. The van der Waals surface area contributed by atoms with E-state index in [0.29, 0.717) is 5.56 Å². The van der Waals surface area contributed by atoms with Gasteiger partial charge < -0.3 is 5.32 Å². The Kier molecular flexibility index (Phi) is 3.65. The number of hydrogen-bond donors (Lipinski definition) is 1. The molecule has 0 saturated carbocycles. The lowest BCUT2D eigenvalue weighted by Gasteiger charge is -2.06. The monoisotopic (exact) mass is 351 g/mol. The van der Waals surface area contributed by atoms with Gasteiger partial charge in [0.1, 0.15) is 0 Å². The van der Waals surface area contributed by atoms with Crippen LogP contribution in [0, 0.1) is 13.8 Å². The fourth-order valence-corrected chi connectivity index (χ4v) is 3.59. The molecule has 0 bridgehead atoms. The largest absolute Gasteiger partial charge is 0.322 e. The van der Waals surface area contributed by atoms with Crippen LogP contribution in [0.3, 0.4) is 0 Å². The summed E-state index contributed by atoms with van der Waals surface area (Å²) in [7, 11) is 1.84. The molecule has 0 aliphatic carbocycles.